The third-order valence-electron chi connectivity index (χ3n) is 3.54. The Bertz CT molecular complexity index is 1030. The Morgan fingerprint density at radius 1 is 1.00 bits per heavy atom. The van der Waals surface area contributed by atoms with Gasteiger partial charge in [0.2, 0.25) is 5.91 Å². The molecule has 8 heteroatoms. The monoisotopic (exact) mass is 380 g/mol. The van der Waals surface area contributed by atoms with Crippen molar-refractivity contribution in [1.29, 1.82) is 0 Å². The molecule has 1 aromatic heterocycles. The van der Waals surface area contributed by atoms with Crippen LogP contribution in [-0.2, 0) is 4.79 Å². The first-order chi connectivity index (χ1) is 13.0. The van der Waals surface area contributed by atoms with Gasteiger partial charge in [-0.05, 0) is 30.3 Å². The number of carbonyl (C=O) groups excluding carboxylic acids is 2. The summed E-state index contributed by atoms with van der Waals surface area (Å²) < 4.78 is 1.17. The van der Waals surface area contributed by atoms with Gasteiger partial charge in [-0.2, -0.15) is 9.78 Å². The van der Waals surface area contributed by atoms with Crippen LogP contribution in [-0.4, -0.2) is 27.3 Å². The Balaban J connectivity index is 1.86. The molecular formula is C19H16N4O3S. The minimum absolute atomic E-state index is 0.0909. The van der Waals surface area contributed by atoms with Crippen LogP contribution >= 0.6 is 11.8 Å². The molecular weight excluding hydrogens is 364 g/mol. The van der Waals surface area contributed by atoms with Gasteiger partial charge in [-0.25, -0.2) is 0 Å². The number of nitrogens with zero attached hydrogens (tertiary/aromatic N) is 2. The van der Waals surface area contributed by atoms with E-state index < -0.39 is 11.8 Å². The average Bonchev–Trinajstić information content (AvgIpc) is 2.68. The van der Waals surface area contributed by atoms with E-state index >= 15 is 0 Å². The van der Waals surface area contributed by atoms with Crippen molar-refractivity contribution in [2.75, 3.05) is 11.1 Å². The van der Waals surface area contributed by atoms with Crippen molar-refractivity contribution in [1.82, 2.24) is 9.78 Å². The number of benzene rings is 2. The third-order valence-corrected chi connectivity index (χ3v) is 4.63. The number of amides is 2. The summed E-state index contributed by atoms with van der Waals surface area (Å²) in [6.45, 7) is 0. The van der Waals surface area contributed by atoms with Gasteiger partial charge in [0.25, 0.3) is 11.5 Å². The van der Waals surface area contributed by atoms with E-state index in [1.165, 1.54) is 28.6 Å². The van der Waals surface area contributed by atoms with Crippen molar-refractivity contribution >= 4 is 29.3 Å². The van der Waals surface area contributed by atoms with Crippen molar-refractivity contribution in [3.05, 3.63) is 82.8 Å². The van der Waals surface area contributed by atoms with Gasteiger partial charge in [-0.3, -0.25) is 14.4 Å². The second-order valence-electron chi connectivity index (χ2n) is 5.51. The van der Waals surface area contributed by atoms with Gasteiger partial charge in [0.15, 0.2) is 0 Å². The average molecular weight is 380 g/mol. The molecule has 0 saturated heterocycles. The van der Waals surface area contributed by atoms with Gasteiger partial charge in [-0.15, -0.1) is 11.8 Å². The zero-order valence-corrected chi connectivity index (χ0v) is 15.0. The molecule has 3 rings (SSSR count). The van der Waals surface area contributed by atoms with Crippen LogP contribution in [0.4, 0.5) is 5.69 Å². The van der Waals surface area contributed by atoms with E-state index in [1.807, 2.05) is 6.07 Å². The summed E-state index contributed by atoms with van der Waals surface area (Å²) in [5, 5.41) is 6.91. The van der Waals surface area contributed by atoms with Crippen LogP contribution in [0.3, 0.4) is 0 Å². The molecule has 2 aromatic carbocycles. The van der Waals surface area contributed by atoms with E-state index in [9.17, 15) is 14.4 Å². The lowest BCUT2D eigenvalue weighted by Gasteiger charge is -2.11. The quantitative estimate of drug-likeness (QED) is 0.637. The minimum Gasteiger partial charge on any atom is -0.369 e. The maximum Gasteiger partial charge on any atom is 0.276 e. The van der Waals surface area contributed by atoms with Crippen LogP contribution in [0.2, 0.25) is 0 Å². The van der Waals surface area contributed by atoms with E-state index in [1.54, 1.807) is 48.5 Å². The summed E-state index contributed by atoms with van der Waals surface area (Å²) in [6, 6.07) is 18.6. The summed E-state index contributed by atoms with van der Waals surface area (Å²) in [5.74, 6) is -0.811. The fourth-order valence-electron chi connectivity index (χ4n) is 2.32. The second kappa shape index (κ2) is 8.33. The number of anilines is 1. The standard InChI is InChI=1S/C19H16N4O3S/c20-17(24)12-27-16-9-5-4-8-14(16)21-19(26)15-10-11-18(25)23(22-15)13-6-2-1-3-7-13/h1-11H,12H2,(H2,20,24)(H,21,26). The number of hydrogen-bond acceptors (Lipinski definition) is 5. The second-order valence-corrected chi connectivity index (χ2v) is 6.53. The van der Waals surface area contributed by atoms with Crippen molar-refractivity contribution < 1.29 is 9.59 Å². The smallest absolute Gasteiger partial charge is 0.276 e. The number of rotatable bonds is 6. The summed E-state index contributed by atoms with van der Waals surface area (Å²) in [4.78, 5) is 36.4. The highest BCUT2D eigenvalue weighted by Gasteiger charge is 2.13. The fourth-order valence-corrected chi connectivity index (χ4v) is 3.06. The van der Waals surface area contributed by atoms with Gasteiger partial charge in [0, 0.05) is 11.0 Å². The third kappa shape index (κ3) is 4.62. The molecule has 27 heavy (non-hydrogen) atoms. The van der Waals surface area contributed by atoms with E-state index in [0.29, 0.717) is 16.3 Å². The summed E-state index contributed by atoms with van der Waals surface area (Å²) >= 11 is 1.23. The van der Waals surface area contributed by atoms with E-state index in [-0.39, 0.29) is 17.0 Å². The Hall–Kier alpha value is -3.39. The number of primary amides is 1. The minimum atomic E-state index is -0.466. The highest BCUT2D eigenvalue weighted by molar-refractivity contribution is 8.00. The van der Waals surface area contributed by atoms with Crippen LogP contribution in [0.1, 0.15) is 10.5 Å². The number of hydrogen-bond donors (Lipinski definition) is 2. The molecule has 0 bridgehead atoms. The fraction of sp³-hybridized carbons (Fsp3) is 0.0526. The first-order valence-corrected chi connectivity index (χ1v) is 9.00. The van der Waals surface area contributed by atoms with Gasteiger partial charge in [0.1, 0.15) is 5.69 Å². The molecule has 0 aliphatic heterocycles. The Labute approximate surface area is 159 Å². The molecule has 0 aliphatic rings. The Morgan fingerprint density at radius 2 is 1.70 bits per heavy atom. The molecule has 0 unspecified atom stereocenters. The van der Waals surface area contributed by atoms with Crippen LogP contribution in [0.15, 0.2) is 76.4 Å². The highest BCUT2D eigenvalue weighted by atomic mass is 32.2. The topological polar surface area (TPSA) is 107 Å². The number of thioether (sulfide) groups is 1. The lowest BCUT2D eigenvalue weighted by atomic mass is 10.3. The molecule has 0 spiro atoms. The molecule has 0 radical (unpaired) electrons. The maximum absolute atomic E-state index is 12.6. The van der Waals surface area contributed by atoms with Crippen molar-refractivity contribution in [3.8, 4) is 5.69 Å². The SMILES string of the molecule is NC(=O)CSc1ccccc1NC(=O)c1ccc(=O)n(-c2ccccc2)n1. The molecule has 7 nitrogen and oxygen atoms in total. The van der Waals surface area contributed by atoms with E-state index in [0.717, 1.165) is 0 Å². The van der Waals surface area contributed by atoms with Gasteiger partial charge in [-0.1, -0.05) is 30.3 Å². The summed E-state index contributed by atoms with van der Waals surface area (Å²) in [6.07, 6.45) is 0. The zero-order chi connectivity index (χ0) is 19.2. The van der Waals surface area contributed by atoms with Gasteiger partial charge < -0.3 is 11.1 Å². The van der Waals surface area contributed by atoms with Crippen molar-refractivity contribution in [2.45, 2.75) is 4.90 Å². The number of nitrogens with two attached hydrogens (primary N) is 1. The predicted molar refractivity (Wildman–Crippen MR) is 104 cm³/mol. The van der Waals surface area contributed by atoms with Gasteiger partial charge in [0.05, 0.1) is 17.1 Å². The van der Waals surface area contributed by atoms with Crippen LogP contribution in [0.5, 0.6) is 0 Å². The largest absolute Gasteiger partial charge is 0.369 e. The molecule has 136 valence electrons. The molecule has 0 aliphatic carbocycles. The Kier molecular flexibility index (Phi) is 5.68. The highest BCUT2D eigenvalue weighted by Crippen LogP contribution is 2.27. The first kappa shape index (κ1) is 18.4. The van der Waals surface area contributed by atoms with Crippen LogP contribution in [0.25, 0.3) is 5.69 Å². The molecule has 0 saturated carbocycles. The lowest BCUT2D eigenvalue weighted by molar-refractivity contribution is -0.115. The normalized spacial score (nSPS) is 10.4. The molecule has 2 amide bonds. The van der Waals surface area contributed by atoms with E-state index in [4.69, 9.17) is 5.73 Å². The number of nitrogens with one attached hydrogen (secondary N) is 1. The van der Waals surface area contributed by atoms with Crippen molar-refractivity contribution in [2.24, 2.45) is 5.73 Å². The van der Waals surface area contributed by atoms with Crippen LogP contribution in [0, 0.1) is 0 Å². The number of aromatic nitrogens is 2. The zero-order valence-electron chi connectivity index (χ0n) is 14.2. The Morgan fingerprint density at radius 3 is 2.44 bits per heavy atom. The van der Waals surface area contributed by atoms with Crippen molar-refractivity contribution in [3.63, 3.8) is 0 Å². The number of carbonyl (C=O) groups is 2. The first-order valence-electron chi connectivity index (χ1n) is 8.02. The summed E-state index contributed by atoms with van der Waals surface area (Å²) in [5.41, 5.74) is 6.03. The van der Waals surface area contributed by atoms with Gasteiger partial charge >= 0.3 is 0 Å². The molecule has 1 heterocycles. The molecule has 3 aromatic rings. The molecule has 0 fully saturated rings. The maximum atomic E-state index is 12.6. The molecule has 0 atom stereocenters. The van der Waals surface area contributed by atoms with E-state index in [2.05, 4.69) is 10.4 Å². The summed E-state index contributed by atoms with van der Waals surface area (Å²) in [7, 11) is 0. The van der Waals surface area contributed by atoms with Crippen LogP contribution < -0.4 is 16.6 Å². The molecule has 3 N–H and O–H groups in total. The lowest BCUT2D eigenvalue weighted by Crippen LogP contribution is -2.25. The number of para-hydroxylation sites is 2. The predicted octanol–water partition coefficient (Wildman–Crippen LogP) is 2.06.